The summed E-state index contributed by atoms with van der Waals surface area (Å²) in [6, 6.07) is 10.2. The molecule has 3 aliphatic rings. The van der Waals surface area contributed by atoms with Crippen LogP contribution in [0.15, 0.2) is 46.9 Å². The molecule has 1 spiro atoms. The van der Waals surface area contributed by atoms with Crippen molar-refractivity contribution in [3.05, 3.63) is 42.0 Å². The van der Waals surface area contributed by atoms with Crippen molar-refractivity contribution in [2.75, 3.05) is 5.75 Å². The normalized spacial score (nSPS) is 37.7. The Bertz CT molecular complexity index is 731. The average molecular weight is 359 g/mol. The Morgan fingerprint density at radius 3 is 2.40 bits per heavy atom. The third kappa shape index (κ3) is 2.37. The maximum absolute atomic E-state index is 13.0. The van der Waals surface area contributed by atoms with Gasteiger partial charge in [-0.3, -0.25) is 4.79 Å². The number of aliphatic hydroxyl groups is 2. The lowest BCUT2D eigenvalue weighted by molar-refractivity contribution is -0.152. The number of hydrogen-bond acceptors (Lipinski definition) is 4. The molecule has 4 atom stereocenters. The number of fused-ring (bicyclic) bond motifs is 1. The van der Waals surface area contributed by atoms with Crippen LogP contribution in [0.4, 0.5) is 0 Å². The molecule has 4 heteroatoms. The van der Waals surface area contributed by atoms with Crippen LogP contribution >= 0.6 is 11.8 Å². The number of hydrogen-bond donors (Lipinski definition) is 2. The van der Waals surface area contributed by atoms with Crippen molar-refractivity contribution in [3.8, 4) is 0 Å². The number of thioether (sulfide) groups is 1. The van der Waals surface area contributed by atoms with Crippen molar-refractivity contribution in [3.63, 3.8) is 0 Å². The van der Waals surface area contributed by atoms with Crippen molar-refractivity contribution >= 4 is 17.5 Å². The fraction of sp³-hybridized carbons (Fsp3) is 0.571. The van der Waals surface area contributed by atoms with Crippen LogP contribution in [0.5, 0.6) is 0 Å². The first kappa shape index (κ1) is 17.3. The van der Waals surface area contributed by atoms with E-state index >= 15 is 0 Å². The summed E-state index contributed by atoms with van der Waals surface area (Å²) >= 11 is 1.76. The molecule has 2 N–H and O–H groups in total. The molecule has 0 radical (unpaired) electrons. The van der Waals surface area contributed by atoms with Crippen molar-refractivity contribution in [2.24, 2.45) is 22.7 Å². The number of Topliss-reactive ketones (excluding diaryl/α,β-unsaturated/α-hetero) is 1. The standard InChI is InChI=1S/C21H26O3S/c1-19(2)11-14-16(18(19)23)15(12-25-13-7-5-4-6-8-13)21(9-10-21)20(3,24)17(14)22/h4-8,11,15-16,18,23-24H,9-10,12H2,1-3H3/t15-,16+,18+,20+/m1/s1. The molecule has 1 aromatic carbocycles. The fourth-order valence-electron chi connectivity index (χ4n) is 5.04. The topological polar surface area (TPSA) is 57.5 Å². The maximum atomic E-state index is 13.0. The summed E-state index contributed by atoms with van der Waals surface area (Å²) in [5, 5.41) is 22.1. The van der Waals surface area contributed by atoms with E-state index in [4.69, 9.17) is 0 Å². The quantitative estimate of drug-likeness (QED) is 0.813. The molecule has 25 heavy (non-hydrogen) atoms. The monoisotopic (exact) mass is 358 g/mol. The van der Waals surface area contributed by atoms with Gasteiger partial charge in [0.25, 0.3) is 0 Å². The zero-order valence-electron chi connectivity index (χ0n) is 15.0. The van der Waals surface area contributed by atoms with Crippen LogP contribution in [0.2, 0.25) is 0 Å². The highest BCUT2D eigenvalue weighted by Gasteiger charge is 2.71. The summed E-state index contributed by atoms with van der Waals surface area (Å²) in [7, 11) is 0. The van der Waals surface area contributed by atoms with Crippen LogP contribution in [0.3, 0.4) is 0 Å². The number of carbonyl (C=O) groups is 1. The van der Waals surface area contributed by atoms with Crippen molar-refractivity contribution in [2.45, 2.75) is 50.2 Å². The minimum Gasteiger partial charge on any atom is -0.392 e. The van der Waals surface area contributed by atoms with E-state index in [1.165, 1.54) is 4.90 Å². The molecular weight excluding hydrogens is 332 g/mol. The zero-order chi connectivity index (χ0) is 18.0. The largest absolute Gasteiger partial charge is 0.392 e. The lowest BCUT2D eigenvalue weighted by atomic mass is 9.59. The van der Waals surface area contributed by atoms with Crippen LogP contribution in [-0.2, 0) is 4.79 Å². The number of rotatable bonds is 3. The Morgan fingerprint density at radius 1 is 1.16 bits per heavy atom. The van der Waals surface area contributed by atoms with Gasteiger partial charge in [0.2, 0.25) is 0 Å². The molecule has 2 fully saturated rings. The predicted molar refractivity (Wildman–Crippen MR) is 99.3 cm³/mol. The van der Waals surface area contributed by atoms with Crippen LogP contribution in [0.1, 0.15) is 33.6 Å². The van der Waals surface area contributed by atoms with Gasteiger partial charge in [-0.2, -0.15) is 0 Å². The van der Waals surface area contributed by atoms with Crippen LogP contribution in [-0.4, -0.2) is 33.5 Å². The minimum absolute atomic E-state index is 0.105. The van der Waals surface area contributed by atoms with Gasteiger partial charge in [-0.05, 0) is 37.8 Å². The fourth-order valence-corrected chi connectivity index (χ4v) is 6.29. The number of benzene rings is 1. The lowest BCUT2D eigenvalue weighted by Gasteiger charge is -2.48. The number of aliphatic hydroxyl groups excluding tert-OH is 1. The van der Waals surface area contributed by atoms with Crippen LogP contribution in [0, 0.1) is 22.7 Å². The molecule has 0 aliphatic heterocycles. The Balaban J connectivity index is 1.70. The molecule has 0 unspecified atom stereocenters. The van der Waals surface area contributed by atoms with Gasteiger partial charge >= 0.3 is 0 Å². The van der Waals surface area contributed by atoms with E-state index in [9.17, 15) is 15.0 Å². The first-order chi connectivity index (χ1) is 11.7. The Morgan fingerprint density at radius 2 is 1.80 bits per heavy atom. The Labute approximate surface area is 153 Å². The van der Waals surface area contributed by atoms with Gasteiger partial charge in [0.1, 0.15) is 5.60 Å². The van der Waals surface area contributed by atoms with Crippen LogP contribution in [0.25, 0.3) is 0 Å². The molecule has 134 valence electrons. The second-order valence-electron chi connectivity index (χ2n) is 8.68. The molecule has 0 aromatic heterocycles. The maximum Gasteiger partial charge on any atom is 0.190 e. The lowest BCUT2D eigenvalue weighted by Crippen LogP contribution is -2.58. The number of ketones is 1. The van der Waals surface area contributed by atoms with E-state index in [0.29, 0.717) is 5.57 Å². The highest BCUT2D eigenvalue weighted by molar-refractivity contribution is 7.99. The second kappa shape index (κ2) is 5.45. The third-order valence-electron chi connectivity index (χ3n) is 6.77. The Hall–Kier alpha value is -1.10. The van der Waals surface area contributed by atoms with Gasteiger partial charge in [0.05, 0.1) is 6.10 Å². The molecular formula is C21H26O3S. The van der Waals surface area contributed by atoms with E-state index in [0.717, 1.165) is 18.6 Å². The molecule has 0 amide bonds. The third-order valence-corrected chi connectivity index (χ3v) is 7.90. The smallest absolute Gasteiger partial charge is 0.190 e. The molecule has 4 rings (SSSR count). The molecule has 0 heterocycles. The summed E-state index contributed by atoms with van der Waals surface area (Å²) in [4.78, 5) is 14.2. The number of carbonyl (C=O) groups excluding carboxylic acids is 1. The van der Waals surface area contributed by atoms with E-state index in [2.05, 4.69) is 12.1 Å². The minimum atomic E-state index is -1.32. The van der Waals surface area contributed by atoms with E-state index in [1.807, 2.05) is 38.1 Å². The average Bonchev–Trinajstić information content (AvgIpc) is 3.33. The molecule has 2 saturated carbocycles. The van der Waals surface area contributed by atoms with Crippen molar-refractivity contribution in [1.82, 2.24) is 0 Å². The van der Waals surface area contributed by atoms with Gasteiger partial charge in [0.15, 0.2) is 5.78 Å². The first-order valence-electron chi connectivity index (χ1n) is 9.06. The molecule has 0 saturated heterocycles. The van der Waals surface area contributed by atoms with E-state index in [1.54, 1.807) is 18.7 Å². The summed E-state index contributed by atoms with van der Waals surface area (Å²) < 4.78 is 0. The van der Waals surface area contributed by atoms with Gasteiger partial charge < -0.3 is 10.2 Å². The van der Waals surface area contributed by atoms with Crippen molar-refractivity contribution < 1.29 is 15.0 Å². The van der Waals surface area contributed by atoms with Gasteiger partial charge in [-0.15, -0.1) is 11.8 Å². The van der Waals surface area contributed by atoms with E-state index in [-0.39, 0.29) is 23.0 Å². The van der Waals surface area contributed by atoms with Crippen LogP contribution < -0.4 is 0 Å². The summed E-state index contributed by atoms with van der Waals surface area (Å²) in [6.07, 6.45) is 3.07. The highest BCUT2D eigenvalue weighted by Crippen LogP contribution is 2.68. The summed E-state index contributed by atoms with van der Waals surface area (Å²) in [5.41, 5.74) is -1.48. The highest BCUT2D eigenvalue weighted by atomic mass is 32.2. The first-order valence-corrected chi connectivity index (χ1v) is 10.1. The molecule has 3 aliphatic carbocycles. The van der Waals surface area contributed by atoms with E-state index < -0.39 is 17.1 Å². The molecule has 3 nitrogen and oxygen atoms in total. The molecule has 1 aromatic rings. The van der Waals surface area contributed by atoms with Gasteiger partial charge in [-0.25, -0.2) is 0 Å². The van der Waals surface area contributed by atoms with Gasteiger partial charge in [0, 0.05) is 33.0 Å². The van der Waals surface area contributed by atoms with Crippen molar-refractivity contribution in [1.29, 1.82) is 0 Å². The predicted octanol–water partition coefficient (Wildman–Crippen LogP) is 3.45. The SMILES string of the molecule is CC1(C)C=C2C(=O)[C@](C)(O)C3(CC3)[C@H](CSc3ccccc3)[C@H]2[C@@H]1O. The van der Waals surface area contributed by atoms with Gasteiger partial charge in [-0.1, -0.05) is 38.1 Å². The molecule has 0 bridgehead atoms. The summed E-state index contributed by atoms with van der Waals surface area (Å²) in [6.45, 7) is 5.65. The second-order valence-corrected chi connectivity index (χ2v) is 9.77. The Kier molecular flexibility index (Phi) is 3.77. The summed E-state index contributed by atoms with van der Waals surface area (Å²) in [5.74, 6) is 0.582. The zero-order valence-corrected chi connectivity index (χ0v) is 15.8.